The SMILES string of the molecule is CC1C(C)C(C)C1C.CC1CC(C)C(C)C1C.CC1CC(C)C(C)CC1C.CC1CCC(C2CCC(C)C(C)C2)CC1C.CC1CCC(CC2CCC(C)C(C)C2)CC1C.CC1CCC(OC2CCC(C)C(C)C2)CC1C.CCC1C(C)CC(C)C1C. The standard InChI is InChI=1S/C17H32.C16H30O.C16H30.2C10H20.C9H18.C8H16/c1-12-5-7-16(9-14(12)3)11-17-8-6-13(2)15(4)10-17;1-11-5-7-15(9-13(11)3)17-16-8-6-12(2)14(4)10-16;1-11-5-7-15(9-13(11)3)16-8-6-12(2)14(4)10-16;1-7-5-9(3)10(4)6-8(7)2;1-5-10-8(3)6-7(2)9(10)4;1-6-5-7(2)9(4)8(6)3;1-5-6(2)8(4)7(5)3/h12-17H,5-11H2,1-4H3;11-16H,5-10H2,1-4H3;11-16H,5-10H2,1-4H3;2*7-10H,5-6H2,1-4H3;6-9H,5H2,1-4H3;5-8H,1-4H3. The molecule has 0 heterocycles. The van der Waals surface area contributed by atoms with Crippen molar-refractivity contribution in [2.45, 2.75) is 360 Å². The van der Waals surface area contributed by atoms with E-state index in [1.165, 1.54) is 148 Å². The molecule has 0 aromatic carbocycles. The Labute approximate surface area is 551 Å². The highest BCUT2D eigenvalue weighted by atomic mass is 16.5. The Bertz CT molecular complexity index is 1590. The molecule has 30 atom stereocenters. The molecule has 10 aliphatic carbocycles. The average Bonchev–Trinajstić information content (AvgIpc) is 2.61. The van der Waals surface area contributed by atoms with Crippen LogP contribution >= 0.6 is 0 Å². The van der Waals surface area contributed by atoms with Gasteiger partial charge in [0, 0.05) is 0 Å². The van der Waals surface area contributed by atoms with Gasteiger partial charge in [0.2, 0.25) is 0 Å². The molecule has 30 unspecified atom stereocenters. The molecular weight excluding hydrogens is 1050 g/mol. The Morgan fingerprint density at radius 1 is 0.207 bits per heavy atom. The van der Waals surface area contributed by atoms with Crippen molar-refractivity contribution in [1.29, 1.82) is 0 Å². The third-order valence-electron chi connectivity index (χ3n) is 31.1. The highest BCUT2D eigenvalue weighted by Crippen LogP contribution is 2.48. The van der Waals surface area contributed by atoms with Crippen molar-refractivity contribution in [1.82, 2.24) is 0 Å². The Hall–Kier alpha value is -0.0400. The highest BCUT2D eigenvalue weighted by molar-refractivity contribution is 4.89. The molecular formula is C86H166O. The fraction of sp³-hybridized carbons (Fsp3) is 1.00. The molecule has 0 N–H and O–H groups in total. The first kappa shape index (κ1) is 79.4. The summed E-state index contributed by atoms with van der Waals surface area (Å²) in [5, 5.41) is 0. The summed E-state index contributed by atoms with van der Waals surface area (Å²) in [5.41, 5.74) is 0. The minimum atomic E-state index is 0.562. The molecule has 87 heavy (non-hydrogen) atoms. The lowest BCUT2D eigenvalue weighted by molar-refractivity contribution is -0.0731. The third-order valence-corrected chi connectivity index (χ3v) is 31.1. The van der Waals surface area contributed by atoms with E-state index in [1.807, 2.05) is 0 Å². The summed E-state index contributed by atoms with van der Waals surface area (Å²) in [6, 6.07) is 0. The molecule has 0 aromatic heterocycles. The summed E-state index contributed by atoms with van der Waals surface area (Å²) >= 11 is 0. The Balaban J connectivity index is 0.000000221. The maximum Gasteiger partial charge on any atom is 0.0581 e. The predicted octanol–water partition coefficient (Wildman–Crippen LogP) is 27.4. The van der Waals surface area contributed by atoms with E-state index < -0.39 is 0 Å². The zero-order valence-electron chi connectivity index (χ0n) is 65.0. The monoisotopic (exact) mass is 1220 g/mol. The third kappa shape index (κ3) is 24.9. The van der Waals surface area contributed by atoms with Crippen LogP contribution in [0.2, 0.25) is 0 Å². The van der Waals surface area contributed by atoms with Crippen LogP contribution in [0.3, 0.4) is 0 Å². The molecule has 10 fully saturated rings. The smallest absolute Gasteiger partial charge is 0.0581 e. The van der Waals surface area contributed by atoms with Crippen LogP contribution in [0.1, 0.15) is 348 Å². The maximum absolute atomic E-state index is 6.37. The van der Waals surface area contributed by atoms with Gasteiger partial charge in [-0.15, -0.1) is 0 Å². The van der Waals surface area contributed by atoms with Gasteiger partial charge in [-0.25, -0.2) is 0 Å². The van der Waals surface area contributed by atoms with E-state index in [4.69, 9.17) is 4.74 Å². The van der Waals surface area contributed by atoms with Crippen LogP contribution in [0.4, 0.5) is 0 Å². The van der Waals surface area contributed by atoms with E-state index in [0.717, 1.165) is 189 Å². The van der Waals surface area contributed by atoms with Gasteiger partial charge in [0.15, 0.2) is 0 Å². The Kier molecular flexibility index (Phi) is 35.1. The fourth-order valence-electron chi connectivity index (χ4n) is 20.4. The zero-order chi connectivity index (χ0) is 65.3. The molecule has 0 aromatic rings. The number of hydrogen-bond donors (Lipinski definition) is 0. The van der Waals surface area contributed by atoms with Crippen molar-refractivity contribution < 1.29 is 4.74 Å². The molecule has 10 rings (SSSR count). The van der Waals surface area contributed by atoms with Crippen LogP contribution < -0.4 is 0 Å². The van der Waals surface area contributed by atoms with Crippen LogP contribution in [0.5, 0.6) is 0 Å². The second kappa shape index (κ2) is 38.5. The first-order valence-corrected chi connectivity index (χ1v) is 40.4. The minimum absolute atomic E-state index is 0.562. The summed E-state index contributed by atoms with van der Waals surface area (Å²) in [4.78, 5) is 0. The van der Waals surface area contributed by atoms with Crippen molar-refractivity contribution in [3.63, 3.8) is 0 Å². The van der Waals surface area contributed by atoms with Crippen molar-refractivity contribution in [2.24, 2.45) is 189 Å². The first-order valence-electron chi connectivity index (χ1n) is 40.4. The van der Waals surface area contributed by atoms with Gasteiger partial charge in [-0.3, -0.25) is 0 Å². The molecule has 0 spiro atoms. The van der Waals surface area contributed by atoms with E-state index >= 15 is 0 Å². The maximum atomic E-state index is 6.37. The summed E-state index contributed by atoms with van der Waals surface area (Å²) in [6.07, 6.45) is 35.9. The highest BCUT2D eigenvalue weighted by Gasteiger charge is 2.39. The van der Waals surface area contributed by atoms with E-state index in [0.29, 0.717) is 12.2 Å². The van der Waals surface area contributed by atoms with Crippen LogP contribution in [0.15, 0.2) is 0 Å². The van der Waals surface area contributed by atoms with Gasteiger partial charge in [0.1, 0.15) is 0 Å². The van der Waals surface area contributed by atoms with Crippen molar-refractivity contribution >= 4 is 0 Å². The van der Waals surface area contributed by atoms with Gasteiger partial charge in [0.25, 0.3) is 0 Å². The normalized spacial score (nSPS) is 49.7. The van der Waals surface area contributed by atoms with Crippen molar-refractivity contribution in [2.75, 3.05) is 0 Å². The molecule has 0 radical (unpaired) electrons. The van der Waals surface area contributed by atoms with Gasteiger partial charge in [0.05, 0.1) is 12.2 Å². The van der Waals surface area contributed by atoms with Crippen LogP contribution in [0, 0.1) is 189 Å². The van der Waals surface area contributed by atoms with Gasteiger partial charge in [-0.05, 0) is 299 Å². The van der Waals surface area contributed by atoms with Crippen LogP contribution in [-0.2, 0) is 4.74 Å². The summed E-state index contributed by atoms with van der Waals surface area (Å²) < 4.78 is 6.37. The minimum Gasteiger partial charge on any atom is -0.375 e. The van der Waals surface area contributed by atoms with E-state index in [9.17, 15) is 0 Å². The topological polar surface area (TPSA) is 9.23 Å². The van der Waals surface area contributed by atoms with Crippen molar-refractivity contribution in [3.8, 4) is 0 Å². The van der Waals surface area contributed by atoms with E-state index in [-0.39, 0.29) is 0 Å². The van der Waals surface area contributed by atoms with E-state index in [2.05, 4.69) is 194 Å². The molecule has 1 nitrogen and oxygen atoms in total. The number of rotatable bonds is 6. The summed E-state index contributed by atoms with van der Waals surface area (Å²) in [7, 11) is 0. The second-order valence-electron chi connectivity index (χ2n) is 37.3. The summed E-state index contributed by atoms with van der Waals surface area (Å²) in [6.45, 7) is 67.4. The molecule has 516 valence electrons. The van der Waals surface area contributed by atoms with Crippen LogP contribution in [-0.4, -0.2) is 12.2 Å². The van der Waals surface area contributed by atoms with Crippen LogP contribution in [0.25, 0.3) is 0 Å². The second-order valence-corrected chi connectivity index (χ2v) is 37.3. The average molecular weight is 1220 g/mol. The molecule has 0 bridgehead atoms. The number of hydrogen-bond acceptors (Lipinski definition) is 1. The number of ether oxygens (including phenoxy) is 1. The lowest BCUT2D eigenvalue weighted by Gasteiger charge is -2.45. The zero-order valence-corrected chi connectivity index (χ0v) is 65.0. The van der Waals surface area contributed by atoms with Gasteiger partial charge in [-0.2, -0.15) is 0 Å². The Morgan fingerprint density at radius 2 is 0.460 bits per heavy atom. The lowest BCUT2D eigenvalue weighted by atomic mass is 9.60. The quantitative estimate of drug-likeness (QED) is 0.258. The largest absolute Gasteiger partial charge is 0.375 e. The lowest BCUT2D eigenvalue weighted by Crippen LogP contribution is -2.39. The van der Waals surface area contributed by atoms with Gasteiger partial charge >= 0.3 is 0 Å². The van der Waals surface area contributed by atoms with Gasteiger partial charge in [-0.1, -0.05) is 239 Å². The van der Waals surface area contributed by atoms with E-state index in [1.54, 1.807) is 6.42 Å². The molecule has 10 saturated carbocycles. The first-order chi connectivity index (χ1) is 40.7. The summed E-state index contributed by atoms with van der Waals surface area (Å²) in [5.74, 6) is 31.2. The Morgan fingerprint density at radius 3 is 0.701 bits per heavy atom. The molecule has 1 heteroatoms. The molecule has 10 aliphatic rings. The van der Waals surface area contributed by atoms with Gasteiger partial charge < -0.3 is 4.74 Å². The van der Waals surface area contributed by atoms with Crippen molar-refractivity contribution in [3.05, 3.63) is 0 Å². The predicted molar refractivity (Wildman–Crippen MR) is 390 cm³/mol. The molecule has 0 amide bonds. The fourth-order valence-corrected chi connectivity index (χ4v) is 20.4. The molecule has 0 aliphatic heterocycles. The molecule has 0 saturated heterocycles.